The van der Waals surface area contributed by atoms with E-state index in [9.17, 15) is 0 Å². The van der Waals surface area contributed by atoms with Crippen molar-refractivity contribution >= 4 is 17.4 Å². The molecule has 2 aliphatic carbocycles. The molecule has 2 heteroatoms. The van der Waals surface area contributed by atoms with Crippen molar-refractivity contribution in [2.24, 2.45) is 11.8 Å². The summed E-state index contributed by atoms with van der Waals surface area (Å²) >= 11 is 1.82. The normalized spacial score (nSPS) is 30.9. The maximum absolute atomic E-state index is 3.70. The summed E-state index contributed by atoms with van der Waals surface area (Å²) in [6, 6.07) is 9.27. The molecule has 0 saturated heterocycles. The van der Waals surface area contributed by atoms with Crippen LogP contribution in [0.2, 0.25) is 0 Å². The Morgan fingerprint density at radius 3 is 3.00 bits per heavy atom. The van der Waals surface area contributed by atoms with E-state index in [1.165, 1.54) is 23.4 Å². The molecule has 1 N–H and O–H groups in total. The Balaban J connectivity index is 1.72. The number of rotatable bonds is 3. The van der Waals surface area contributed by atoms with Crippen LogP contribution in [0.3, 0.4) is 0 Å². The smallest absolute Gasteiger partial charge is 0.0480 e. The molecule has 0 aromatic heterocycles. The molecular weight excluding hydrogens is 214 g/mol. The first kappa shape index (κ1) is 10.3. The number of thioether (sulfide) groups is 1. The Bertz CT molecular complexity index is 413. The summed E-state index contributed by atoms with van der Waals surface area (Å²) in [5.74, 6) is 1.72. The first-order valence-corrected chi connectivity index (χ1v) is 7.17. The van der Waals surface area contributed by atoms with Gasteiger partial charge < -0.3 is 5.32 Å². The lowest BCUT2D eigenvalue weighted by Gasteiger charge is -2.41. The number of anilines is 1. The van der Waals surface area contributed by atoms with Crippen LogP contribution in [-0.2, 0) is 0 Å². The average molecular weight is 231 g/mol. The molecule has 0 heterocycles. The fraction of sp³-hybridized carbons (Fsp3) is 0.429. The third-order valence-corrected chi connectivity index (χ3v) is 4.61. The van der Waals surface area contributed by atoms with Gasteiger partial charge in [-0.05, 0) is 37.1 Å². The van der Waals surface area contributed by atoms with Gasteiger partial charge in [-0.25, -0.2) is 0 Å². The summed E-state index contributed by atoms with van der Waals surface area (Å²) in [6.07, 6.45) is 9.51. The van der Waals surface area contributed by atoms with Gasteiger partial charge in [0.1, 0.15) is 0 Å². The number of para-hydroxylation sites is 1. The van der Waals surface area contributed by atoms with Gasteiger partial charge in [-0.3, -0.25) is 0 Å². The lowest BCUT2D eigenvalue weighted by Crippen LogP contribution is -2.43. The van der Waals surface area contributed by atoms with E-state index < -0.39 is 0 Å². The van der Waals surface area contributed by atoms with Gasteiger partial charge in [0.25, 0.3) is 0 Å². The van der Waals surface area contributed by atoms with Crippen LogP contribution in [0, 0.1) is 11.8 Å². The van der Waals surface area contributed by atoms with Crippen molar-refractivity contribution in [1.82, 2.24) is 0 Å². The molecule has 0 aliphatic heterocycles. The van der Waals surface area contributed by atoms with Crippen LogP contribution >= 0.6 is 11.8 Å². The van der Waals surface area contributed by atoms with Crippen LogP contribution < -0.4 is 5.32 Å². The highest BCUT2D eigenvalue weighted by molar-refractivity contribution is 7.98. The monoisotopic (exact) mass is 231 g/mol. The lowest BCUT2D eigenvalue weighted by atomic mass is 9.71. The van der Waals surface area contributed by atoms with E-state index in [1.807, 2.05) is 11.8 Å². The maximum Gasteiger partial charge on any atom is 0.0480 e. The van der Waals surface area contributed by atoms with Gasteiger partial charge >= 0.3 is 0 Å². The average Bonchev–Trinajstić information content (AvgIpc) is 2.68. The van der Waals surface area contributed by atoms with Gasteiger partial charge in [0.05, 0.1) is 0 Å². The van der Waals surface area contributed by atoms with Crippen molar-refractivity contribution in [3.8, 4) is 0 Å². The van der Waals surface area contributed by atoms with Gasteiger partial charge in [-0.1, -0.05) is 24.3 Å². The second-order valence-electron chi connectivity index (χ2n) is 4.69. The Hall–Kier alpha value is -0.890. The number of nitrogens with one attached hydrogen (secondary N) is 1. The molecule has 2 aliphatic rings. The fourth-order valence-electron chi connectivity index (χ4n) is 2.85. The zero-order chi connectivity index (χ0) is 11.0. The highest BCUT2D eigenvalue weighted by atomic mass is 32.2. The number of allylic oxidation sites excluding steroid dienone is 1. The molecule has 16 heavy (non-hydrogen) atoms. The van der Waals surface area contributed by atoms with Crippen molar-refractivity contribution in [3.63, 3.8) is 0 Å². The van der Waals surface area contributed by atoms with Crippen LogP contribution in [0.1, 0.15) is 12.8 Å². The quantitative estimate of drug-likeness (QED) is 0.627. The molecule has 1 fully saturated rings. The molecule has 0 radical (unpaired) electrons. The predicted molar refractivity (Wildman–Crippen MR) is 71.0 cm³/mol. The van der Waals surface area contributed by atoms with E-state index in [-0.39, 0.29) is 0 Å². The topological polar surface area (TPSA) is 12.0 Å². The summed E-state index contributed by atoms with van der Waals surface area (Å²) in [5, 5.41) is 3.70. The third kappa shape index (κ3) is 1.65. The Morgan fingerprint density at radius 1 is 1.31 bits per heavy atom. The van der Waals surface area contributed by atoms with Gasteiger partial charge in [-0.2, -0.15) is 0 Å². The minimum Gasteiger partial charge on any atom is -0.381 e. The summed E-state index contributed by atoms with van der Waals surface area (Å²) in [4.78, 5) is 1.35. The van der Waals surface area contributed by atoms with Crippen LogP contribution in [0.25, 0.3) is 0 Å². The molecule has 1 aromatic carbocycles. The Labute approximate surface area is 101 Å². The number of fused-ring (bicyclic) bond motifs is 1. The molecule has 3 unspecified atom stereocenters. The highest BCUT2D eigenvalue weighted by Gasteiger charge is 2.40. The van der Waals surface area contributed by atoms with Crippen LogP contribution in [-0.4, -0.2) is 12.3 Å². The predicted octanol–water partition coefficient (Wildman–Crippen LogP) is 3.79. The van der Waals surface area contributed by atoms with E-state index in [4.69, 9.17) is 0 Å². The minimum atomic E-state index is 0.664. The number of benzene rings is 1. The molecule has 0 spiro atoms. The Kier molecular flexibility index (Phi) is 2.68. The standard InChI is InChI=1S/C14H17NS/c1-16-14-8-3-2-7-12(14)15-13-9-10-5-4-6-11(10)13/h2-4,6-8,10-11,13,15H,5,9H2,1H3. The van der Waals surface area contributed by atoms with E-state index in [1.54, 1.807) is 0 Å². The number of hydrogen-bond acceptors (Lipinski definition) is 2. The first-order valence-electron chi connectivity index (χ1n) is 5.94. The summed E-state index contributed by atoms with van der Waals surface area (Å²) in [7, 11) is 0. The lowest BCUT2D eigenvalue weighted by molar-refractivity contribution is 0.217. The second kappa shape index (κ2) is 4.17. The van der Waals surface area contributed by atoms with Gasteiger partial charge in [0.15, 0.2) is 0 Å². The molecule has 1 nitrogen and oxygen atoms in total. The van der Waals surface area contributed by atoms with E-state index in [2.05, 4.69) is 48.0 Å². The van der Waals surface area contributed by atoms with Crippen molar-refractivity contribution in [1.29, 1.82) is 0 Å². The molecule has 3 atom stereocenters. The van der Waals surface area contributed by atoms with Crippen LogP contribution in [0.5, 0.6) is 0 Å². The fourth-order valence-corrected chi connectivity index (χ4v) is 3.41. The SMILES string of the molecule is CSc1ccccc1NC1CC2CC=CC21. The second-order valence-corrected chi connectivity index (χ2v) is 5.54. The van der Waals surface area contributed by atoms with E-state index >= 15 is 0 Å². The molecule has 0 bridgehead atoms. The summed E-state index contributed by atoms with van der Waals surface area (Å²) in [5.41, 5.74) is 1.30. The molecule has 0 amide bonds. The van der Waals surface area contributed by atoms with Crippen molar-refractivity contribution in [3.05, 3.63) is 36.4 Å². The summed E-state index contributed by atoms with van der Waals surface area (Å²) < 4.78 is 0. The number of hydrogen-bond donors (Lipinski definition) is 1. The van der Waals surface area contributed by atoms with Gasteiger partial charge in [-0.15, -0.1) is 11.8 Å². The molecule has 3 rings (SSSR count). The Morgan fingerprint density at radius 2 is 2.19 bits per heavy atom. The third-order valence-electron chi connectivity index (χ3n) is 3.81. The zero-order valence-electron chi connectivity index (χ0n) is 9.52. The zero-order valence-corrected chi connectivity index (χ0v) is 10.3. The van der Waals surface area contributed by atoms with Crippen LogP contribution in [0.15, 0.2) is 41.3 Å². The highest BCUT2D eigenvalue weighted by Crippen LogP contribution is 2.44. The summed E-state index contributed by atoms with van der Waals surface area (Å²) in [6.45, 7) is 0. The molecule has 1 aromatic rings. The van der Waals surface area contributed by atoms with Crippen LogP contribution in [0.4, 0.5) is 5.69 Å². The van der Waals surface area contributed by atoms with Gasteiger partial charge in [0, 0.05) is 22.5 Å². The molecular formula is C14H17NS. The van der Waals surface area contributed by atoms with Gasteiger partial charge in [0.2, 0.25) is 0 Å². The van der Waals surface area contributed by atoms with E-state index in [0.29, 0.717) is 6.04 Å². The van der Waals surface area contributed by atoms with Crippen molar-refractivity contribution in [2.45, 2.75) is 23.8 Å². The molecule has 1 saturated carbocycles. The minimum absolute atomic E-state index is 0.664. The van der Waals surface area contributed by atoms with Crippen molar-refractivity contribution < 1.29 is 0 Å². The first-order chi connectivity index (χ1) is 7.88. The maximum atomic E-state index is 3.70. The van der Waals surface area contributed by atoms with Crippen molar-refractivity contribution in [2.75, 3.05) is 11.6 Å². The largest absolute Gasteiger partial charge is 0.381 e. The molecule has 84 valence electrons. The van der Waals surface area contributed by atoms with E-state index in [0.717, 1.165) is 11.8 Å².